The Bertz CT molecular complexity index is 279. The van der Waals surface area contributed by atoms with E-state index < -0.39 is 11.5 Å². The third-order valence-corrected chi connectivity index (χ3v) is 2.27. The lowest BCUT2D eigenvalue weighted by Gasteiger charge is -2.21. The van der Waals surface area contributed by atoms with Crippen molar-refractivity contribution in [3.05, 3.63) is 12.3 Å². The summed E-state index contributed by atoms with van der Waals surface area (Å²) in [5.74, 6) is -1.01. The highest BCUT2D eigenvalue weighted by Gasteiger charge is 2.47. The molecule has 1 atom stereocenters. The zero-order chi connectivity index (χ0) is 10.6. The minimum Gasteiger partial charge on any atom is -0.464 e. The molecule has 0 radical (unpaired) electrons. The Labute approximate surface area is 89.5 Å². The number of ether oxygens (including phenoxy) is 1. The SMILES string of the molecule is CCOC(=O)C1(C(=O)CBr)C=CON1. The van der Waals surface area contributed by atoms with Crippen LogP contribution in [-0.4, -0.2) is 29.2 Å². The molecular weight excluding hydrogens is 254 g/mol. The highest BCUT2D eigenvalue weighted by molar-refractivity contribution is 9.09. The van der Waals surface area contributed by atoms with Crippen molar-refractivity contribution in [3.63, 3.8) is 0 Å². The van der Waals surface area contributed by atoms with Crippen LogP contribution < -0.4 is 5.48 Å². The van der Waals surface area contributed by atoms with Crippen LogP contribution in [0.1, 0.15) is 6.92 Å². The molecule has 5 nitrogen and oxygen atoms in total. The molecule has 1 heterocycles. The maximum absolute atomic E-state index is 11.5. The van der Waals surface area contributed by atoms with Crippen LogP contribution in [0.2, 0.25) is 0 Å². The summed E-state index contributed by atoms with van der Waals surface area (Å²) < 4.78 is 4.78. The first-order chi connectivity index (χ1) is 6.67. The van der Waals surface area contributed by atoms with E-state index in [4.69, 9.17) is 4.74 Å². The van der Waals surface area contributed by atoms with Crippen molar-refractivity contribution in [2.24, 2.45) is 0 Å². The van der Waals surface area contributed by atoms with Crippen LogP contribution in [0.5, 0.6) is 0 Å². The molecule has 0 spiro atoms. The summed E-state index contributed by atoms with van der Waals surface area (Å²) >= 11 is 2.99. The molecule has 1 unspecified atom stereocenters. The molecule has 1 aliphatic rings. The molecule has 0 fully saturated rings. The lowest BCUT2D eigenvalue weighted by atomic mass is 9.97. The number of hydroxylamine groups is 1. The summed E-state index contributed by atoms with van der Waals surface area (Å²) in [6.07, 6.45) is 2.59. The number of halogens is 1. The van der Waals surface area contributed by atoms with E-state index in [-0.39, 0.29) is 17.7 Å². The van der Waals surface area contributed by atoms with Crippen LogP contribution in [0.4, 0.5) is 0 Å². The van der Waals surface area contributed by atoms with E-state index in [9.17, 15) is 9.59 Å². The van der Waals surface area contributed by atoms with Gasteiger partial charge in [0.1, 0.15) is 6.26 Å². The summed E-state index contributed by atoms with van der Waals surface area (Å²) in [6, 6.07) is 0. The number of Topliss-reactive ketones (excluding diaryl/α,β-unsaturated/α-hetero) is 1. The number of rotatable bonds is 4. The van der Waals surface area contributed by atoms with Crippen molar-refractivity contribution < 1.29 is 19.2 Å². The molecule has 14 heavy (non-hydrogen) atoms. The molecule has 6 heteroatoms. The molecule has 78 valence electrons. The van der Waals surface area contributed by atoms with Crippen LogP contribution >= 0.6 is 15.9 Å². The van der Waals surface area contributed by atoms with Gasteiger partial charge in [0.05, 0.1) is 11.9 Å². The maximum Gasteiger partial charge on any atom is 0.341 e. The molecule has 0 amide bonds. The zero-order valence-corrected chi connectivity index (χ0v) is 9.17. The van der Waals surface area contributed by atoms with Gasteiger partial charge in [0, 0.05) is 0 Å². The van der Waals surface area contributed by atoms with Crippen molar-refractivity contribution >= 4 is 27.7 Å². The Morgan fingerprint density at radius 3 is 2.79 bits per heavy atom. The number of alkyl halides is 1. The van der Waals surface area contributed by atoms with E-state index in [1.165, 1.54) is 12.3 Å². The maximum atomic E-state index is 11.5. The minimum absolute atomic E-state index is 0.0481. The first-order valence-corrected chi connectivity index (χ1v) is 5.16. The quantitative estimate of drug-likeness (QED) is 0.449. The third kappa shape index (κ3) is 1.80. The van der Waals surface area contributed by atoms with Gasteiger partial charge in [0.25, 0.3) is 0 Å². The number of hydrogen-bond acceptors (Lipinski definition) is 5. The number of carbonyl (C=O) groups is 2. The number of nitrogens with one attached hydrogen (secondary N) is 1. The number of carbonyl (C=O) groups excluding carboxylic acids is 2. The van der Waals surface area contributed by atoms with Crippen LogP contribution in [0, 0.1) is 0 Å². The van der Waals surface area contributed by atoms with Gasteiger partial charge in [0.2, 0.25) is 5.54 Å². The van der Waals surface area contributed by atoms with Gasteiger partial charge in [-0.3, -0.25) is 4.79 Å². The molecule has 1 aliphatic heterocycles. The molecule has 0 aromatic rings. The van der Waals surface area contributed by atoms with Gasteiger partial charge < -0.3 is 9.57 Å². The summed E-state index contributed by atoms with van der Waals surface area (Å²) in [5, 5.41) is 0.0481. The molecular formula is C8H10BrNO4. The van der Waals surface area contributed by atoms with Gasteiger partial charge in [-0.05, 0) is 13.0 Å². The lowest BCUT2D eigenvalue weighted by molar-refractivity contribution is -0.155. The van der Waals surface area contributed by atoms with Crippen molar-refractivity contribution in [1.82, 2.24) is 5.48 Å². The van der Waals surface area contributed by atoms with E-state index in [0.29, 0.717) is 0 Å². The van der Waals surface area contributed by atoms with Crippen molar-refractivity contribution in [1.29, 1.82) is 0 Å². The van der Waals surface area contributed by atoms with Gasteiger partial charge in [-0.2, -0.15) is 0 Å². The minimum atomic E-state index is -1.49. The Kier molecular flexibility index (Phi) is 3.65. The predicted molar refractivity (Wildman–Crippen MR) is 51.5 cm³/mol. The number of ketones is 1. The van der Waals surface area contributed by atoms with Crippen LogP contribution in [-0.2, 0) is 19.2 Å². The van der Waals surface area contributed by atoms with Gasteiger partial charge >= 0.3 is 5.97 Å². The summed E-state index contributed by atoms with van der Waals surface area (Å²) in [6.45, 7) is 1.88. The smallest absolute Gasteiger partial charge is 0.341 e. The number of hydrogen-bond donors (Lipinski definition) is 1. The highest BCUT2D eigenvalue weighted by Crippen LogP contribution is 2.17. The fraction of sp³-hybridized carbons (Fsp3) is 0.500. The fourth-order valence-electron chi connectivity index (χ4n) is 1.02. The van der Waals surface area contributed by atoms with Crippen molar-refractivity contribution in [2.45, 2.75) is 12.5 Å². The summed E-state index contributed by atoms with van der Waals surface area (Å²) in [7, 11) is 0. The Hall–Kier alpha value is -0.880. The monoisotopic (exact) mass is 263 g/mol. The predicted octanol–water partition coefficient (Wildman–Crippen LogP) is 0.301. The molecule has 0 saturated heterocycles. The highest BCUT2D eigenvalue weighted by atomic mass is 79.9. The first-order valence-electron chi connectivity index (χ1n) is 4.04. The third-order valence-electron chi connectivity index (χ3n) is 1.76. The summed E-state index contributed by atoms with van der Waals surface area (Å²) in [4.78, 5) is 27.7. The van der Waals surface area contributed by atoms with E-state index in [1.807, 2.05) is 0 Å². The average Bonchev–Trinajstić information content (AvgIpc) is 2.67. The van der Waals surface area contributed by atoms with Gasteiger partial charge in [0.15, 0.2) is 5.78 Å². The van der Waals surface area contributed by atoms with Crippen LogP contribution in [0.25, 0.3) is 0 Å². The molecule has 0 aliphatic carbocycles. The van der Waals surface area contributed by atoms with Crippen LogP contribution in [0.3, 0.4) is 0 Å². The van der Waals surface area contributed by atoms with Crippen molar-refractivity contribution in [3.8, 4) is 0 Å². The van der Waals surface area contributed by atoms with Gasteiger partial charge in [-0.25, -0.2) is 4.79 Å². The molecule has 1 N–H and O–H groups in total. The molecule has 0 aromatic heterocycles. The summed E-state index contributed by atoms with van der Waals surface area (Å²) in [5.41, 5.74) is 0.854. The van der Waals surface area contributed by atoms with Crippen LogP contribution in [0.15, 0.2) is 12.3 Å². The zero-order valence-electron chi connectivity index (χ0n) is 7.58. The Morgan fingerprint density at radius 1 is 1.64 bits per heavy atom. The van der Waals surface area contributed by atoms with E-state index in [1.54, 1.807) is 6.92 Å². The fourth-order valence-corrected chi connectivity index (χ4v) is 1.46. The number of esters is 1. The Morgan fingerprint density at radius 2 is 2.36 bits per heavy atom. The first kappa shape index (κ1) is 11.2. The van der Waals surface area contributed by atoms with Gasteiger partial charge in [-0.1, -0.05) is 15.9 Å². The molecule has 1 rings (SSSR count). The largest absolute Gasteiger partial charge is 0.464 e. The average molecular weight is 264 g/mol. The standard InChI is InChI=1S/C8H10BrNO4/c1-2-13-7(12)8(6(11)5-9)3-4-14-10-8/h3-4,10H,2,5H2,1H3. The van der Waals surface area contributed by atoms with E-state index >= 15 is 0 Å². The topological polar surface area (TPSA) is 64.6 Å². The molecule has 0 aromatic carbocycles. The Balaban J connectivity index is 2.87. The molecule has 0 bridgehead atoms. The second-order valence-electron chi connectivity index (χ2n) is 2.61. The molecule has 0 saturated carbocycles. The van der Waals surface area contributed by atoms with Gasteiger partial charge in [-0.15, -0.1) is 5.48 Å². The van der Waals surface area contributed by atoms with Crippen molar-refractivity contribution in [2.75, 3.05) is 11.9 Å². The van der Waals surface area contributed by atoms with E-state index in [2.05, 4.69) is 26.2 Å². The second kappa shape index (κ2) is 4.56. The lowest BCUT2D eigenvalue weighted by Crippen LogP contribution is -2.55. The normalized spacial score (nSPS) is 24.4. The second-order valence-corrected chi connectivity index (χ2v) is 3.17. The van der Waals surface area contributed by atoms with E-state index in [0.717, 1.165) is 0 Å².